The molecule has 1 heterocycles. The number of rotatable bonds is 7. The number of hydrogen-bond donors (Lipinski definition) is 1. The van der Waals surface area contributed by atoms with Gasteiger partial charge >= 0.3 is 0 Å². The molecule has 132 valence electrons. The fourth-order valence-corrected chi connectivity index (χ4v) is 2.33. The van der Waals surface area contributed by atoms with Crippen LogP contribution in [0.2, 0.25) is 5.15 Å². The molecule has 3 aromatic rings. The fraction of sp³-hybridized carbons (Fsp3) is 0.100. The second-order valence-electron chi connectivity index (χ2n) is 5.36. The molecule has 2 aromatic carbocycles. The maximum atomic E-state index is 12.3. The second-order valence-corrected chi connectivity index (χ2v) is 5.75. The van der Waals surface area contributed by atoms with Crippen LogP contribution in [0.1, 0.15) is 10.4 Å². The van der Waals surface area contributed by atoms with Crippen molar-refractivity contribution >= 4 is 23.2 Å². The van der Waals surface area contributed by atoms with Crippen LogP contribution in [0.15, 0.2) is 72.9 Å². The van der Waals surface area contributed by atoms with Gasteiger partial charge in [-0.25, -0.2) is 4.98 Å². The first-order chi connectivity index (χ1) is 12.7. The first-order valence-corrected chi connectivity index (χ1v) is 8.42. The van der Waals surface area contributed by atoms with E-state index in [1.165, 1.54) is 6.20 Å². The van der Waals surface area contributed by atoms with Crippen molar-refractivity contribution in [2.75, 3.05) is 18.5 Å². The molecule has 6 heteroatoms. The topological polar surface area (TPSA) is 60.5 Å². The first kappa shape index (κ1) is 17.8. The maximum absolute atomic E-state index is 12.3. The smallest absolute Gasteiger partial charge is 0.255 e. The summed E-state index contributed by atoms with van der Waals surface area (Å²) >= 11 is 5.73. The van der Waals surface area contributed by atoms with Crippen LogP contribution in [0.3, 0.4) is 0 Å². The van der Waals surface area contributed by atoms with Gasteiger partial charge in [-0.15, -0.1) is 0 Å². The molecule has 0 atom stereocenters. The maximum Gasteiger partial charge on any atom is 0.255 e. The van der Waals surface area contributed by atoms with Gasteiger partial charge in [0.1, 0.15) is 29.9 Å². The molecule has 0 radical (unpaired) electrons. The highest BCUT2D eigenvalue weighted by atomic mass is 35.5. The standard InChI is InChI=1S/C20H17ClN2O3/c21-19-10-9-16(14-22-19)23-20(24)15-5-4-8-18(13-15)26-12-11-25-17-6-2-1-3-7-17/h1-10,13-14H,11-12H2,(H,23,24). The number of aromatic nitrogens is 1. The molecule has 0 fully saturated rings. The van der Waals surface area contributed by atoms with Gasteiger partial charge in [0.05, 0.1) is 11.9 Å². The molecular formula is C20H17ClN2O3. The minimum Gasteiger partial charge on any atom is -0.490 e. The normalized spacial score (nSPS) is 10.2. The molecule has 3 rings (SSSR count). The van der Waals surface area contributed by atoms with E-state index in [2.05, 4.69) is 10.3 Å². The Labute approximate surface area is 156 Å². The van der Waals surface area contributed by atoms with Gasteiger partial charge in [-0.2, -0.15) is 0 Å². The van der Waals surface area contributed by atoms with Gasteiger partial charge in [0, 0.05) is 5.56 Å². The Morgan fingerprint density at radius 2 is 1.65 bits per heavy atom. The Balaban J connectivity index is 1.52. The summed E-state index contributed by atoms with van der Waals surface area (Å²) in [5.41, 5.74) is 1.06. The lowest BCUT2D eigenvalue weighted by Crippen LogP contribution is -2.13. The van der Waals surface area contributed by atoms with Gasteiger partial charge in [0.15, 0.2) is 0 Å². The van der Waals surface area contributed by atoms with Gasteiger partial charge < -0.3 is 14.8 Å². The summed E-state index contributed by atoms with van der Waals surface area (Å²) in [6.45, 7) is 0.790. The Kier molecular flexibility index (Phi) is 6.06. The third-order valence-electron chi connectivity index (χ3n) is 3.45. The van der Waals surface area contributed by atoms with E-state index in [0.29, 0.717) is 35.4 Å². The Morgan fingerprint density at radius 1 is 0.923 bits per heavy atom. The van der Waals surface area contributed by atoms with E-state index in [1.54, 1.807) is 36.4 Å². The van der Waals surface area contributed by atoms with Crippen LogP contribution in [0, 0.1) is 0 Å². The number of ether oxygens (including phenoxy) is 2. The average Bonchev–Trinajstić information content (AvgIpc) is 2.68. The summed E-state index contributed by atoms with van der Waals surface area (Å²) in [7, 11) is 0. The zero-order valence-corrected chi connectivity index (χ0v) is 14.6. The number of nitrogens with zero attached hydrogens (tertiary/aromatic N) is 1. The van der Waals surface area contributed by atoms with Crippen molar-refractivity contribution in [2.45, 2.75) is 0 Å². The molecule has 0 aliphatic rings. The molecule has 0 saturated carbocycles. The number of pyridine rings is 1. The molecular weight excluding hydrogens is 352 g/mol. The van der Waals surface area contributed by atoms with Crippen molar-refractivity contribution in [2.24, 2.45) is 0 Å². The lowest BCUT2D eigenvalue weighted by Gasteiger charge is -2.10. The molecule has 0 saturated heterocycles. The number of halogens is 1. The van der Waals surface area contributed by atoms with Crippen LogP contribution in [0.4, 0.5) is 5.69 Å². The van der Waals surface area contributed by atoms with Gasteiger partial charge in [-0.3, -0.25) is 4.79 Å². The third-order valence-corrected chi connectivity index (χ3v) is 3.67. The molecule has 0 unspecified atom stereocenters. The Hall–Kier alpha value is -3.05. The molecule has 0 aliphatic carbocycles. The number of carbonyl (C=O) groups is 1. The summed E-state index contributed by atoms with van der Waals surface area (Å²) in [6.07, 6.45) is 1.50. The predicted molar refractivity (Wildman–Crippen MR) is 101 cm³/mol. The molecule has 1 aromatic heterocycles. The highest BCUT2D eigenvalue weighted by Crippen LogP contribution is 2.16. The summed E-state index contributed by atoms with van der Waals surface area (Å²) in [4.78, 5) is 16.2. The lowest BCUT2D eigenvalue weighted by molar-refractivity contribution is 0.102. The van der Waals surface area contributed by atoms with Crippen molar-refractivity contribution in [1.82, 2.24) is 4.98 Å². The zero-order valence-electron chi connectivity index (χ0n) is 13.9. The highest BCUT2D eigenvalue weighted by Gasteiger charge is 2.08. The van der Waals surface area contributed by atoms with E-state index in [9.17, 15) is 4.79 Å². The van der Waals surface area contributed by atoms with Crippen molar-refractivity contribution in [1.29, 1.82) is 0 Å². The van der Waals surface area contributed by atoms with Gasteiger partial charge in [-0.05, 0) is 42.5 Å². The number of carbonyl (C=O) groups excluding carboxylic acids is 1. The van der Waals surface area contributed by atoms with Crippen molar-refractivity contribution in [3.63, 3.8) is 0 Å². The first-order valence-electron chi connectivity index (χ1n) is 8.04. The van der Waals surface area contributed by atoms with E-state index in [1.807, 2.05) is 30.3 Å². The van der Waals surface area contributed by atoms with Crippen LogP contribution < -0.4 is 14.8 Å². The molecule has 0 aliphatic heterocycles. The predicted octanol–water partition coefficient (Wildman–Crippen LogP) is 4.45. The minimum atomic E-state index is -0.250. The number of nitrogens with one attached hydrogen (secondary N) is 1. The van der Waals surface area contributed by atoms with Crippen LogP contribution in [-0.2, 0) is 0 Å². The Bertz CT molecular complexity index is 854. The fourth-order valence-electron chi connectivity index (χ4n) is 2.22. The van der Waals surface area contributed by atoms with Crippen LogP contribution in [-0.4, -0.2) is 24.1 Å². The zero-order chi connectivity index (χ0) is 18.2. The largest absolute Gasteiger partial charge is 0.490 e. The summed E-state index contributed by atoms with van der Waals surface area (Å²) in [5, 5.41) is 3.13. The number of amides is 1. The quantitative estimate of drug-likeness (QED) is 0.494. The van der Waals surface area contributed by atoms with E-state index >= 15 is 0 Å². The van der Waals surface area contributed by atoms with Gasteiger partial charge in [0.2, 0.25) is 0 Å². The molecule has 1 N–H and O–H groups in total. The molecule has 1 amide bonds. The minimum absolute atomic E-state index is 0.250. The molecule has 26 heavy (non-hydrogen) atoms. The third kappa shape index (κ3) is 5.22. The highest BCUT2D eigenvalue weighted by molar-refractivity contribution is 6.29. The van der Waals surface area contributed by atoms with E-state index in [4.69, 9.17) is 21.1 Å². The lowest BCUT2D eigenvalue weighted by atomic mass is 10.2. The number of hydrogen-bond acceptors (Lipinski definition) is 4. The summed E-state index contributed by atoms with van der Waals surface area (Å²) in [6, 6.07) is 19.8. The number of para-hydroxylation sites is 1. The van der Waals surface area contributed by atoms with E-state index in [0.717, 1.165) is 5.75 Å². The second kappa shape index (κ2) is 8.87. The summed E-state index contributed by atoms with van der Waals surface area (Å²) < 4.78 is 11.2. The van der Waals surface area contributed by atoms with Crippen molar-refractivity contribution < 1.29 is 14.3 Å². The molecule has 0 bridgehead atoms. The van der Waals surface area contributed by atoms with E-state index < -0.39 is 0 Å². The Morgan fingerprint density at radius 3 is 2.38 bits per heavy atom. The molecule has 0 spiro atoms. The van der Waals surface area contributed by atoms with Crippen molar-refractivity contribution in [3.8, 4) is 11.5 Å². The molecule has 5 nitrogen and oxygen atoms in total. The van der Waals surface area contributed by atoms with E-state index in [-0.39, 0.29) is 5.91 Å². The van der Waals surface area contributed by atoms with Gasteiger partial charge in [-0.1, -0.05) is 35.9 Å². The van der Waals surface area contributed by atoms with Gasteiger partial charge in [0.25, 0.3) is 5.91 Å². The van der Waals surface area contributed by atoms with Crippen molar-refractivity contribution in [3.05, 3.63) is 83.6 Å². The summed E-state index contributed by atoms with van der Waals surface area (Å²) in [5.74, 6) is 1.14. The van der Waals surface area contributed by atoms with Crippen LogP contribution in [0.5, 0.6) is 11.5 Å². The average molecular weight is 369 g/mol. The van der Waals surface area contributed by atoms with Crippen LogP contribution in [0.25, 0.3) is 0 Å². The SMILES string of the molecule is O=C(Nc1ccc(Cl)nc1)c1cccc(OCCOc2ccccc2)c1. The number of benzene rings is 2. The monoisotopic (exact) mass is 368 g/mol. The van der Waals surface area contributed by atoms with Crippen LogP contribution >= 0.6 is 11.6 Å². The number of anilines is 1.